The predicted molar refractivity (Wildman–Crippen MR) is 124 cm³/mol. The summed E-state index contributed by atoms with van der Waals surface area (Å²) >= 11 is 6.15. The Morgan fingerprint density at radius 3 is 2.77 bits per heavy atom. The van der Waals surface area contributed by atoms with Crippen LogP contribution in [0.15, 0.2) is 79.0 Å². The molecule has 1 aliphatic rings. The van der Waals surface area contributed by atoms with E-state index in [1.807, 2.05) is 71.6 Å². The van der Waals surface area contributed by atoms with Crippen LogP contribution in [0.4, 0.5) is 0 Å². The third-order valence-corrected chi connectivity index (χ3v) is 6.09. The lowest BCUT2D eigenvalue weighted by atomic mass is 9.93. The van der Waals surface area contributed by atoms with Crippen molar-refractivity contribution in [1.29, 1.82) is 0 Å². The van der Waals surface area contributed by atoms with Crippen LogP contribution in [-0.4, -0.2) is 33.9 Å². The van der Waals surface area contributed by atoms with E-state index in [-0.39, 0.29) is 11.8 Å². The Hall–Kier alpha value is -3.24. The molecule has 0 N–H and O–H groups in total. The highest BCUT2D eigenvalue weighted by atomic mass is 35.5. The van der Waals surface area contributed by atoms with Crippen molar-refractivity contribution in [1.82, 2.24) is 14.9 Å². The summed E-state index contributed by atoms with van der Waals surface area (Å²) in [4.78, 5) is 24.5. The zero-order valence-electron chi connectivity index (χ0n) is 17.0. The number of carbonyl (C=O) groups excluding carboxylic acids is 1. The van der Waals surface area contributed by atoms with E-state index in [0.717, 1.165) is 47.2 Å². The topological polar surface area (TPSA) is 46.1 Å². The Labute approximate surface area is 186 Å². The molecule has 1 aliphatic heterocycles. The molecule has 5 rings (SSSR count). The van der Waals surface area contributed by atoms with Gasteiger partial charge < -0.3 is 4.90 Å². The van der Waals surface area contributed by atoms with Crippen LogP contribution < -0.4 is 0 Å². The summed E-state index contributed by atoms with van der Waals surface area (Å²) in [6.45, 7) is 1.42. The number of aromatic nitrogens is 2. The molecule has 0 saturated carbocycles. The van der Waals surface area contributed by atoms with Crippen LogP contribution in [0.1, 0.15) is 34.8 Å². The van der Waals surface area contributed by atoms with Gasteiger partial charge in [0.25, 0.3) is 5.91 Å². The lowest BCUT2D eigenvalue weighted by Gasteiger charge is -2.32. The van der Waals surface area contributed by atoms with E-state index in [1.165, 1.54) is 0 Å². The zero-order valence-corrected chi connectivity index (χ0v) is 17.8. The van der Waals surface area contributed by atoms with Crippen molar-refractivity contribution in [3.63, 3.8) is 0 Å². The third-order valence-electron chi connectivity index (χ3n) is 5.86. The van der Waals surface area contributed by atoms with Crippen molar-refractivity contribution in [3.05, 3.63) is 95.3 Å². The normalized spacial score (nSPS) is 16.4. The molecule has 0 radical (unpaired) electrons. The van der Waals surface area contributed by atoms with Crippen molar-refractivity contribution in [3.8, 4) is 11.3 Å². The van der Waals surface area contributed by atoms with Crippen molar-refractivity contribution >= 4 is 28.4 Å². The molecule has 31 heavy (non-hydrogen) atoms. The van der Waals surface area contributed by atoms with Gasteiger partial charge in [-0.05, 0) is 49.2 Å². The molecule has 5 heteroatoms. The summed E-state index contributed by atoms with van der Waals surface area (Å²) in [5, 5.41) is 1.68. The lowest BCUT2D eigenvalue weighted by Crippen LogP contribution is -2.39. The maximum Gasteiger partial charge on any atom is 0.255 e. The van der Waals surface area contributed by atoms with Crippen molar-refractivity contribution in [2.45, 2.75) is 18.8 Å². The minimum atomic E-state index is 0.0361. The van der Waals surface area contributed by atoms with Gasteiger partial charge >= 0.3 is 0 Å². The van der Waals surface area contributed by atoms with Crippen LogP contribution >= 0.6 is 11.6 Å². The molecule has 0 bridgehead atoms. The summed E-state index contributed by atoms with van der Waals surface area (Å²) < 4.78 is 0. The SMILES string of the molecule is O=C(c1cnc2ccccc2c1)N1CCC[C@@H](c2cccc(-c3cccc(Cl)c3)n2)C1. The zero-order chi connectivity index (χ0) is 21.2. The first-order valence-corrected chi connectivity index (χ1v) is 10.9. The number of hydrogen-bond donors (Lipinski definition) is 0. The fourth-order valence-corrected chi connectivity index (χ4v) is 4.45. The maximum atomic E-state index is 13.2. The average molecular weight is 428 g/mol. The van der Waals surface area contributed by atoms with E-state index >= 15 is 0 Å². The number of carbonyl (C=O) groups is 1. The van der Waals surface area contributed by atoms with E-state index in [2.05, 4.69) is 11.1 Å². The molecule has 3 heterocycles. The molecule has 1 fully saturated rings. The molecule has 1 atom stereocenters. The van der Waals surface area contributed by atoms with Gasteiger partial charge in [-0.15, -0.1) is 0 Å². The van der Waals surface area contributed by atoms with E-state index in [4.69, 9.17) is 16.6 Å². The van der Waals surface area contributed by atoms with E-state index < -0.39 is 0 Å². The number of para-hydroxylation sites is 1. The smallest absolute Gasteiger partial charge is 0.255 e. The van der Waals surface area contributed by atoms with Crippen molar-refractivity contribution in [2.24, 2.45) is 0 Å². The minimum absolute atomic E-state index is 0.0361. The monoisotopic (exact) mass is 427 g/mol. The Morgan fingerprint density at radius 2 is 1.87 bits per heavy atom. The molecule has 2 aromatic heterocycles. The summed E-state index contributed by atoms with van der Waals surface area (Å²) in [6.07, 6.45) is 3.67. The van der Waals surface area contributed by atoms with Gasteiger partial charge in [-0.2, -0.15) is 0 Å². The predicted octanol–water partition coefficient (Wildman–Crippen LogP) is 5.97. The number of benzene rings is 2. The van der Waals surface area contributed by atoms with Gasteiger partial charge in [0.1, 0.15) is 0 Å². The average Bonchev–Trinajstić information content (AvgIpc) is 2.83. The van der Waals surface area contributed by atoms with Crippen LogP contribution in [0.25, 0.3) is 22.2 Å². The maximum absolute atomic E-state index is 13.2. The number of pyridine rings is 2. The number of fused-ring (bicyclic) bond motifs is 1. The second-order valence-corrected chi connectivity index (χ2v) is 8.40. The van der Waals surface area contributed by atoms with E-state index in [9.17, 15) is 4.79 Å². The Morgan fingerprint density at radius 1 is 1.00 bits per heavy atom. The lowest BCUT2D eigenvalue weighted by molar-refractivity contribution is 0.0705. The molecule has 4 nitrogen and oxygen atoms in total. The van der Waals surface area contributed by atoms with Crippen LogP contribution in [0.2, 0.25) is 5.02 Å². The Kier molecular flexibility index (Phi) is 5.39. The van der Waals surface area contributed by atoms with Gasteiger partial charge in [0.2, 0.25) is 0 Å². The third kappa shape index (κ3) is 4.17. The van der Waals surface area contributed by atoms with Gasteiger partial charge in [0, 0.05) is 46.9 Å². The fourth-order valence-electron chi connectivity index (χ4n) is 4.26. The van der Waals surface area contributed by atoms with Crippen molar-refractivity contribution in [2.75, 3.05) is 13.1 Å². The van der Waals surface area contributed by atoms with E-state index in [0.29, 0.717) is 17.1 Å². The highest BCUT2D eigenvalue weighted by molar-refractivity contribution is 6.30. The highest BCUT2D eigenvalue weighted by Crippen LogP contribution is 2.29. The standard InChI is InChI=1S/C26H22ClN3O/c27-22-9-3-7-19(15-22)24-11-4-12-25(29-24)20-8-5-13-30(17-20)26(31)21-14-18-6-1-2-10-23(18)28-16-21/h1-4,6-7,9-12,14-16,20H,5,8,13,17H2/t20-/m1/s1. The molecule has 1 saturated heterocycles. The number of likely N-dealkylation sites (tertiary alicyclic amines) is 1. The Balaban J connectivity index is 1.37. The number of nitrogens with zero attached hydrogens (tertiary/aromatic N) is 3. The first-order valence-electron chi connectivity index (χ1n) is 10.5. The highest BCUT2D eigenvalue weighted by Gasteiger charge is 2.26. The van der Waals surface area contributed by atoms with Crippen molar-refractivity contribution < 1.29 is 4.79 Å². The van der Waals surface area contributed by atoms with Gasteiger partial charge in [0.15, 0.2) is 0 Å². The molecule has 4 aromatic rings. The first kappa shape index (κ1) is 19.7. The van der Waals surface area contributed by atoms with Gasteiger partial charge in [-0.25, -0.2) is 0 Å². The number of amides is 1. The summed E-state index contributed by atoms with van der Waals surface area (Å²) in [6, 6.07) is 23.6. The molecule has 0 unspecified atom stereocenters. The summed E-state index contributed by atoms with van der Waals surface area (Å²) in [5.41, 5.74) is 4.46. The van der Waals surface area contributed by atoms with Gasteiger partial charge in [0.05, 0.1) is 16.8 Å². The second kappa shape index (κ2) is 8.48. The molecule has 2 aromatic carbocycles. The summed E-state index contributed by atoms with van der Waals surface area (Å²) in [5.74, 6) is 0.249. The number of hydrogen-bond acceptors (Lipinski definition) is 3. The van der Waals surface area contributed by atoms with Crippen LogP contribution in [0.3, 0.4) is 0 Å². The molecular formula is C26H22ClN3O. The van der Waals surface area contributed by atoms with Gasteiger partial charge in [-0.3, -0.25) is 14.8 Å². The number of rotatable bonds is 3. The van der Waals surface area contributed by atoms with Crippen LogP contribution in [0, 0.1) is 0 Å². The molecule has 0 aliphatic carbocycles. The van der Waals surface area contributed by atoms with Crippen LogP contribution in [0.5, 0.6) is 0 Å². The molecular weight excluding hydrogens is 406 g/mol. The number of piperidine rings is 1. The largest absolute Gasteiger partial charge is 0.338 e. The minimum Gasteiger partial charge on any atom is -0.338 e. The Bertz CT molecular complexity index is 1260. The molecule has 1 amide bonds. The van der Waals surface area contributed by atoms with Crippen LogP contribution in [-0.2, 0) is 0 Å². The molecule has 154 valence electrons. The van der Waals surface area contributed by atoms with Gasteiger partial charge in [-0.1, -0.05) is 48.0 Å². The number of halogens is 1. The second-order valence-electron chi connectivity index (χ2n) is 7.97. The summed E-state index contributed by atoms with van der Waals surface area (Å²) in [7, 11) is 0. The quantitative estimate of drug-likeness (QED) is 0.404. The van der Waals surface area contributed by atoms with E-state index in [1.54, 1.807) is 6.20 Å². The molecule has 0 spiro atoms. The first-order chi connectivity index (χ1) is 15.2. The fraction of sp³-hybridized carbons (Fsp3) is 0.192.